The molecular weight excluding hydrogens is 398 g/mol. The fourth-order valence-corrected chi connectivity index (χ4v) is 3.28. The number of ether oxygens (including phenoxy) is 2. The van der Waals surface area contributed by atoms with E-state index in [9.17, 15) is 4.79 Å². The zero-order chi connectivity index (χ0) is 21.8. The number of tetrazole rings is 1. The topological polar surface area (TPSA) is 105 Å². The summed E-state index contributed by atoms with van der Waals surface area (Å²) < 4.78 is 18.4. The lowest BCUT2D eigenvalue weighted by atomic mass is 10.1. The fourth-order valence-electron chi connectivity index (χ4n) is 3.28. The lowest BCUT2D eigenvalue weighted by Gasteiger charge is -2.13. The van der Waals surface area contributed by atoms with E-state index < -0.39 is 5.97 Å². The van der Waals surface area contributed by atoms with E-state index in [-0.39, 0.29) is 13.2 Å². The molecule has 0 saturated carbocycles. The van der Waals surface area contributed by atoms with Gasteiger partial charge in [0, 0.05) is 6.54 Å². The van der Waals surface area contributed by atoms with Gasteiger partial charge in [-0.25, -0.2) is 9.48 Å². The number of fused-ring (bicyclic) bond motifs is 1. The van der Waals surface area contributed by atoms with E-state index in [4.69, 9.17) is 14.0 Å². The predicted octanol–water partition coefficient (Wildman–Crippen LogP) is 3.78. The van der Waals surface area contributed by atoms with Gasteiger partial charge in [0.2, 0.25) is 0 Å². The van der Waals surface area contributed by atoms with Crippen LogP contribution >= 0.6 is 0 Å². The summed E-state index contributed by atoms with van der Waals surface area (Å²) in [6.45, 7) is 6.56. The van der Waals surface area contributed by atoms with E-state index in [1.165, 1.54) is 0 Å². The maximum atomic E-state index is 13.0. The van der Waals surface area contributed by atoms with Gasteiger partial charge in [-0.2, -0.15) is 0 Å². The molecule has 160 valence electrons. The molecule has 0 amide bonds. The Morgan fingerprint density at radius 3 is 2.61 bits per heavy atom. The minimum Gasteiger partial charge on any atom is -0.488 e. The van der Waals surface area contributed by atoms with Crippen molar-refractivity contribution < 1.29 is 18.8 Å². The minimum atomic E-state index is -0.509. The fraction of sp³-hybridized carbons (Fsp3) is 0.318. The van der Waals surface area contributed by atoms with E-state index >= 15 is 0 Å². The lowest BCUT2D eigenvalue weighted by Crippen LogP contribution is -2.12. The van der Waals surface area contributed by atoms with Crippen LogP contribution in [-0.4, -0.2) is 31.3 Å². The third-order valence-corrected chi connectivity index (χ3v) is 4.99. The van der Waals surface area contributed by atoms with Gasteiger partial charge < -0.3 is 14.0 Å². The van der Waals surface area contributed by atoms with Gasteiger partial charge in [0.15, 0.2) is 12.4 Å². The molecule has 4 aromatic rings. The highest BCUT2D eigenvalue weighted by molar-refractivity contribution is 5.98. The summed E-state index contributed by atoms with van der Waals surface area (Å²) >= 11 is 0. The number of benzene rings is 2. The number of aryl methyl sites for hydroxylation is 3. The van der Waals surface area contributed by atoms with Crippen LogP contribution in [0.15, 0.2) is 40.9 Å². The van der Waals surface area contributed by atoms with Crippen LogP contribution in [0.4, 0.5) is 0 Å². The Balaban J connectivity index is 1.59. The first-order chi connectivity index (χ1) is 15.1. The van der Waals surface area contributed by atoms with Gasteiger partial charge in [-0.15, -0.1) is 5.10 Å². The second-order valence-electron chi connectivity index (χ2n) is 7.18. The van der Waals surface area contributed by atoms with E-state index in [0.717, 1.165) is 28.5 Å². The standard InChI is InChI=1S/C22H23N5O4/c1-4-9-27-21(23-25-26-27)13-30-22(28)18-10-16-7-5-6-8-17(16)11-20(18)29-12-19-14(2)24-31-15(19)3/h5-8,10-11H,4,9,12-13H2,1-3H3. The number of aromatic nitrogens is 5. The van der Waals surface area contributed by atoms with E-state index in [1.807, 2.05) is 51.1 Å². The molecule has 4 rings (SSSR count). The molecule has 0 aliphatic carbocycles. The molecule has 31 heavy (non-hydrogen) atoms. The van der Waals surface area contributed by atoms with Gasteiger partial charge >= 0.3 is 5.97 Å². The van der Waals surface area contributed by atoms with Gasteiger partial charge in [-0.05, 0) is 53.6 Å². The number of nitrogens with zero attached hydrogens (tertiary/aromatic N) is 5. The minimum absolute atomic E-state index is 0.0258. The highest BCUT2D eigenvalue weighted by Gasteiger charge is 2.19. The molecule has 0 bridgehead atoms. The predicted molar refractivity (Wildman–Crippen MR) is 111 cm³/mol. The Morgan fingerprint density at radius 1 is 1.13 bits per heavy atom. The van der Waals surface area contributed by atoms with Crippen molar-refractivity contribution in [1.29, 1.82) is 0 Å². The van der Waals surface area contributed by atoms with E-state index in [2.05, 4.69) is 20.7 Å². The SMILES string of the molecule is CCCn1nnnc1COC(=O)c1cc2ccccc2cc1OCc1c(C)noc1C. The Hall–Kier alpha value is -3.75. The van der Waals surface area contributed by atoms with Crippen molar-refractivity contribution in [1.82, 2.24) is 25.4 Å². The second kappa shape index (κ2) is 8.95. The highest BCUT2D eigenvalue weighted by Crippen LogP contribution is 2.28. The number of hydrogen-bond acceptors (Lipinski definition) is 8. The van der Waals surface area contributed by atoms with Crippen LogP contribution in [0.2, 0.25) is 0 Å². The van der Waals surface area contributed by atoms with Crippen LogP contribution in [0.1, 0.15) is 46.5 Å². The molecule has 0 radical (unpaired) electrons. The van der Waals surface area contributed by atoms with Crippen LogP contribution in [0.25, 0.3) is 10.8 Å². The summed E-state index contributed by atoms with van der Waals surface area (Å²) in [6.07, 6.45) is 0.871. The monoisotopic (exact) mass is 421 g/mol. The molecule has 2 aromatic carbocycles. The van der Waals surface area contributed by atoms with Crippen molar-refractivity contribution in [2.45, 2.75) is 47.0 Å². The zero-order valence-corrected chi connectivity index (χ0v) is 17.7. The van der Waals surface area contributed by atoms with Crippen molar-refractivity contribution in [3.63, 3.8) is 0 Å². The van der Waals surface area contributed by atoms with Crippen molar-refractivity contribution in [3.8, 4) is 5.75 Å². The normalized spacial score (nSPS) is 11.1. The van der Waals surface area contributed by atoms with Crippen LogP contribution < -0.4 is 4.74 Å². The molecule has 0 aliphatic heterocycles. The molecule has 9 heteroatoms. The molecule has 0 fully saturated rings. The zero-order valence-electron chi connectivity index (χ0n) is 17.7. The molecule has 2 heterocycles. The van der Waals surface area contributed by atoms with Crippen LogP contribution in [0.3, 0.4) is 0 Å². The lowest BCUT2D eigenvalue weighted by molar-refractivity contribution is 0.0451. The maximum Gasteiger partial charge on any atom is 0.342 e. The Labute approximate surface area is 178 Å². The summed E-state index contributed by atoms with van der Waals surface area (Å²) in [4.78, 5) is 13.0. The Bertz CT molecular complexity index is 1190. The molecule has 0 N–H and O–H groups in total. The first-order valence-corrected chi connectivity index (χ1v) is 10.1. The first-order valence-electron chi connectivity index (χ1n) is 10.1. The van der Waals surface area contributed by atoms with Crippen LogP contribution in [-0.2, 0) is 24.5 Å². The van der Waals surface area contributed by atoms with Crippen LogP contribution in [0.5, 0.6) is 5.75 Å². The number of rotatable bonds is 8. The summed E-state index contributed by atoms with van der Waals surface area (Å²) in [5, 5.41) is 17.3. The molecule has 9 nitrogen and oxygen atoms in total. The average Bonchev–Trinajstić information content (AvgIpc) is 3.35. The van der Waals surface area contributed by atoms with Gasteiger partial charge in [-0.3, -0.25) is 0 Å². The molecular formula is C22H23N5O4. The molecule has 2 aromatic heterocycles. The van der Waals surface area contributed by atoms with Gasteiger partial charge in [-0.1, -0.05) is 36.3 Å². The number of carbonyl (C=O) groups excluding carboxylic acids is 1. The number of carbonyl (C=O) groups is 1. The molecule has 0 atom stereocenters. The van der Waals surface area contributed by atoms with Crippen LogP contribution in [0, 0.1) is 13.8 Å². The Kier molecular flexibility index (Phi) is 5.92. The summed E-state index contributed by atoms with van der Waals surface area (Å²) in [5.41, 5.74) is 1.94. The van der Waals surface area contributed by atoms with Crippen molar-refractivity contribution >= 4 is 16.7 Å². The number of hydrogen-bond donors (Lipinski definition) is 0. The van der Waals surface area contributed by atoms with Gasteiger partial charge in [0.05, 0.1) is 11.3 Å². The van der Waals surface area contributed by atoms with Crippen molar-refractivity contribution in [2.75, 3.05) is 0 Å². The third-order valence-electron chi connectivity index (χ3n) is 4.99. The molecule has 0 saturated heterocycles. The summed E-state index contributed by atoms with van der Waals surface area (Å²) in [5.74, 6) is 1.10. The van der Waals surface area contributed by atoms with Crippen molar-refractivity contribution in [3.05, 3.63) is 64.8 Å². The average molecular weight is 421 g/mol. The Morgan fingerprint density at radius 2 is 1.90 bits per heavy atom. The quantitative estimate of drug-likeness (QED) is 0.396. The van der Waals surface area contributed by atoms with E-state index in [1.54, 1.807) is 10.7 Å². The van der Waals surface area contributed by atoms with Gasteiger partial charge in [0.25, 0.3) is 0 Å². The largest absolute Gasteiger partial charge is 0.488 e. The third kappa shape index (κ3) is 4.40. The second-order valence-corrected chi connectivity index (χ2v) is 7.18. The first kappa shape index (κ1) is 20.5. The van der Waals surface area contributed by atoms with Gasteiger partial charge in [0.1, 0.15) is 23.7 Å². The molecule has 0 spiro atoms. The summed E-state index contributed by atoms with van der Waals surface area (Å²) in [7, 11) is 0. The summed E-state index contributed by atoms with van der Waals surface area (Å²) in [6, 6.07) is 11.4. The maximum absolute atomic E-state index is 13.0. The molecule has 0 aliphatic rings. The van der Waals surface area contributed by atoms with E-state index in [0.29, 0.717) is 29.4 Å². The number of esters is 1. The highest BCUT2D eigenvalue weighted by atomic mass is 16.5. The smallest absolute Gasteiger partial charge is 0.342 e. The molecule has 0 unspecified atom stereocenters. The van der Waals surface area contributed by atoms with Crippen molar-refractivity contribution in [2.24, 2.45) is 0 Å².